The fourth-order valence-electron chi connectivity index (χ4n) is 4.82. The van der Waals surface area contributed by atoms with Crippen LogP contribution in [0.15, 0.2) is 24.3 Å². The first-order chi connectivity index (χ1) is 22.3. The van der Waals surface area contributed by atoms with Gasteiger partial charge in [-0.05, 0) is 44.9 Å². The van der Waals surface area contributed by atoms with Gasteiger partial charge in [0.1, 0.15) is 12.7 Å². The lowest BCUT2D eigenvalue weighted by Crippen LogP contribution is -2.27. The lowest BCUT2D eigenvalue weighted by atomic mass is 10.1. The van der Waals surface area contributed by atoms with E-state index >= 15 is 0 Å². The largest absolute Gasteiger partial charge is 0.472 e. The van der Waals surface area contributed by atoms with Gasteiger partial charge < -0.3 is 20.1 Å². The number of aliphatic hydroxyl groups is 1. The molecule has 9 nitrogen and oxygen atoms in total. The van der Waals surface area contributed by atoms with E-state index in [1.165, 1.54) is 89.9 Å². The number of carbonyl (C=O) groups excluding carboxylic acids is 2. The molecule has 0 saturated carbocycles. The normalized spacial score (nSPS) is 13.7. The summed E-state index contributed by atoms with van der Waals surface area (Å²) in [6.07, 6.45) is 32.7. The van der Waals surface area contributed by atoms with Gasteiger partial charge in [0, 0.05) is 19.4 Å². The van der Waals surface area contributed by atoms with E-state index in [1.54, 1.807) is 0 Å². The highest BCUT2D eigenvalue weighted by molar-refractivity contribution is 7.47. The van der Waals surface area contributed by atoms with Crippen LogP contribution in [0, 0.1) is 0 Å². The average molecular weight is 674 g/mol. The molecule has 46 heavy (non-hydrogen) atoms. The lowest BCUT2D eigenvalue weighted by molar-refractivity contribution is -0.147. The van der Waals surface area contributed by atoms with Crippen LogP contribution in [-0.2, 0) is 27.9 Å². The number of phosphoric acid groups is 1. The molecule has 0 aliphatic carbocycles. The monoisotopic (exact) mass is 673 g/mol. The molecule has 0 saturated heterocycles. The number of phosphoric ester groups is 1. The van der Waals surface area contributed by atoms with Gasteiger partial charge in [-0.15, -0.1) is 0 Å². The molecule has 0 heterocycles. The number of amides is 1. The van der Waals surface area contributed by atoms with Crippen molar-refractivity contribution in [3.63, 3.8) is 0 Å². The van der Waals surface area contributed by atoms with Gasteiger partial charge >= 0.3 is 13.8 Å². The molecule has 0 rings (SSSR count). The summed E-state index contributed by atoms with van der Waals surface area (Å²) in [5.74, 6) is -0.529. The Hall–Kier alpha value is -1.51. The van der Waals surface area contributed by atoms with Crippen LogP contribution in [0.25, 0.3) is 0 Å². The zero-order valence-electron chi connectivity index (χ0n) is 29.3. The van der Waals surface area contributed by atoms with Crippen molar-refractivity contribution >= 4 is 19.7 Å². The minimum atomic E-state index is -4.40. The van der Waals surface area contributed by atoms with Gasteiger partial charge in [-0.25, -0.2) is 4.57 Å². The SMILES string of the molecule is CCCCC/C=C\C/C=C\CCCCCCCCCCCC(=O)OCC(O)COP(=O)(O)OCCNC(=O)CCCCCCCC. The molecule has 0 aliphatic heterocycles. The van der Waals surface area contributed by atoms with E-state index in [2.05, 4.69) is 43.5 Å². The van der Waals surface area contributed by atoms with Gasteiger partial charge in [-0.3, -0.25) is 18.6 Å². The first-order valence-corrected chi connectivity index (χ1v) is 19.8. The molecule has 1 amide bonds. The second-order valence-corrected chi connectivity index (χ2v) is 13.7. The van der Waals surface area contributed by atoms with Crippen LogP contribution in [0.2, 0.25) is 0 Å². The summed E-state index contributed by atoms with van der Waals surface area (Å²) < 4.78 is 26.6. The molecule has 0 bridgehead atoms. The van der Waals surface area contributed by atoms with Gasteiger partial charge in [0.15, 0.2) is 0 Å². The van der Waals surface area contributed by atoms with E-state index in [9.17, 15) is 24.2 Å². The maximum absolute atomic E-state index is 12.0. The van der Waals surface area contributed by atoms with E-state index in [1.807, 2.05) is 0 Å². The van der Waals surface area contributed by atoms with Gasteiger partial charge in [0.2, 0.25) is 5.91 Å². The number of hydrogen-bond acceptors (Lipinski definition) is 7. The number of ether oxygens (including phenoxy) is 1. The highest BCUT2D eigenvalue weighted by Crippen LogP contribution is 2.42. The molecule has 3 N–H and O–H groups in total. The van der Waals surface area contributed by atoms with Crippen molar-refractivity contribution in [2.75, 3.05) is 26.4 Å². The Morgan fingerprint density at radius 3 is 1.78 bits per heavy atom. The lowest BCUT2D eigenvalue weighted by Gasteiger charge is -2.15. The first-order valence-electron chi connectivity index (χ1n) is 18.3. The van der Waals surface area contributed by atoms with E-state index in [-0.39, 0.29) is 32.1 Å². The number of nitrogens with one attached hydrogen (secondary N) is 1. The zero-order chi connectivity index (χ0) is 34.0. The van der Waals surface area contributed by atoms with Crippen molar-refractivity contribution in [2.45, 2.75) is 168 Å². The van der Waals surface area contributed by atoms with E-state index in [4.69, 9.17) is 13.8 Å². The number of aliphatic hydroxyl groups excluding tert-OH is 1. The van der Waals surface area contributed by atoms with Crippen LogP contribution in [0.1, 0.15) is 162 Å². The molecule has 0 radical (unpaired) electrons. The fourth-order valence-corrected chi connectivity index (χ4v) is 5.58. The molecule has 0 aromatic carbocycles. The van der Waals surface area contributed by atoms with Crippen LogP contribution < -0.4 is 5.32 Å². The van der Waals surface area contributed by atoms with Crippen LogP contribution in [-0.4, -0.2) is 54.3 Å². The van der Waals surface area contributed by atoms with Crippen molar-refractivity contribution in [3.8, 4) is 0 Å². The van der Waals surface area contributed by atoms with Crippen LogP contribution >= 0.6 is 7.82 Å². The zero-order valence-corrected chi connectivity index (χ0v) is 30.2. The molecule has 0 aromatic rings. The molecular weight excluding hydrogens is 605 g/mol. The molecule has 270 valence electrons. The number of carbonyl (C=O) groups is 2. The second kappa shape index (κ2) is 33.4. The highest BCUT2D eigenvalue weighted by Gasteiger charge is 2.23. The van der Waals surface area contributed by atoms with E-state index in [0.29, 0.717) is 6.42 Å². The molecule has 0 fully saturated rings. The van der Waals surface area contributed by atoms with Crippen molar-refractivity contribution < 1.29 is 37.9 Å². The van der Waals surface area contributed by atoms with Gasteiger partial charge in [0.25, 0.3) is 0 Å². The first kappa shape index (κ1) is 44.5. The summed E-state index contributed by atoms with van der Waals surface area (Å²) in [5, 5.41) is 12.6. The van der Waals surface area contributed by atoms with Gasteiger partial charge in [0.05, 0.1) is 13.2 Å². The Balaban J connectivity index is 3.60. The molecule has 0 aromatic heterocycles. The van der Waals surface area contributed by atoms with Crippen molar-refractivity contribution in [2.24, 2.45) is 0 Å². The molecule has 2 atom stereocenters. The van der Waals surface area contributed by atoms with Crippen molar-refractivity contribution in [1.82, 2.24) is 5.32 Å². The third kappa shape index (κ3) is 33.8. The highest BCUT2D eigenvalue weighted by atomic mass is 31.2. The Morgan fingerprint density at radius 2 is 1.17 bits per heavy atom. The summed E-state index contributed by atoms with van der Waals surface area (Å²) in [6.45, 7) is 3.44. The van der Waals surface area contributed by atoms with Gasteiger partial charge in [-0.1, -0.05) is 128 Å². The third-order valence-corrected chi connectivity index (χ3v) is 8.62. The topological polar surface area (TPSA) is 131 Å². The van der Waals surface area contributed by atoms with Crippen molar-refractivity contribution in [3.05, 3.63) is 24.3 Å². The molecule has 0 spiro atoms. The Kier molecular flexibility index (Phi) is 32.3. The predicted octanol–water partition coefficient (Wildman–Crippen LogP) is 9.26. The standard InChI is InChI=1S/C36H68NO8P/c1-3-5-7-9-11-12-13-14-15-16-17-18-19-20-21-22-23-25-27-29-36(40)43-32-34(38)33-45-46(41,42)44-31-30-37-35(39)28-26-24-10-8-6-4-2/h11-12,14-15,34,38H,3-10,13,16-33H2,1-2H3,(H,37,39)(H,41,42)/b12-11-,15-14-. The van der Waals surface area contributed by atoms with E-state index < -0.39 is 26.5 Å². The smallest absolute Gasteiger partial charge is 0.463 e. The van der Waals surface area contributed by atoms with Gasteiger partial charge in [-0.2, -0.15) is 0 Å². The molecule has 2 unspecified atom stereocenters. The summed E-state index contributed by atoms with van der Waals surface area (Å²) in [4.78, 5) is 33.5. The minimum absolute atomic E-state index is 0.0820. The average Bonchev–Trinajstić information content (AvgIpc) is 3.04. The van der Waals surface area contributed by atoms with Crippen molar-refractivity contribution in [1.29, 1.82) is 0 Å². The molecule has 0 aliphatic rings. The number of esters is 1. The number of allylic oxidation sites excluding steroid dienone is 4. The molecule has 10 heteroatoms. The van der Waals surface area contributed by atoms with E-state index in [0.717, 1.165) is 44.9 Å². The number of unbranched alkanes of at least 4 members (excludes halogenated alkanes) is 17. The Morgan fingerprint density at radius 1 is 0.674 bits per heavy atom. The third-order valence-electron chi connectivity index (χ3n) is 7.63. The van der Waals surface area contributed by atoms with Crippen LogP contribution in [0.5, 0.6) is 0 Å². The Labute approximate surface area is 280 Å². The van der Waals surface area contributed by atoms with Crippen LogP contribution in [0.3, 0.4) is 0 Å². The predicted molar refractivity (Wildman–Crippen MR) is 188 cm³/mol. The maximum atomic E-state index is 12.0. The fraction of sp³-hybridized carbons (Fsp3) is 0.833. The minimum Gasteiger partial charge on any atom is -0.463 e. The second-order valence-electron chi connectivity index (χ2n) is 12.2. The summed E-state index contributed by atoms with van der Waals surface area (Å²) >= 11 is 0. The summed E-state index contributed by atoms with van der Waals surface area (Å²) in [6, 6.07) is 0. The summed E-state index contributed by atoms with van der Waals surface area (Å²) in [5.41, 5.74) is 0. The number of rotatable bonds is 34. The Bertz CT molecular complexity index is 820. The maximum Gasteiger partial charge on any atom is 0.472 e. The number of hydrogen-bond donors (Lipinski definition) is 3. The summed E-state index contributed by atoms with van der Waals surface area (Å²) in [7, 11) is -4.40. The quantitative estimate of drug-likeness (QED) is 0.0267. The molecular formula is C36H68NO8P. The van der Waals surface area contributed by atoms with Crippen LogP contribution in [0.4, 0.5) is 0 Å².